The molecule has 8 heteroatoms. The first kappa shape index (κ1) is 23.8. The highest BCUT2D eigenvalue weighted by Gasteiger charge is 2.28. The van der Waals surface area contributed by atoms with Crippen LogP contribution in [-0.2, 0) is 22.9 Å². The van der Waals surface area contributed by atoms with Crippen molar-refractivity contribution in [2.24, 2.45) is 0 Å². The fraction of sp³-hybridized carbons (Fsp3) is 0.407. The van der Waals surface area contributed by atoms with Crippen molar-refractivity contribution < 1.29 is 8.42 Å². The largest absolute Gasteiger partial charge is 0.354 e. The van der Waals surface area contributed by atoms with E-state index in [2.05, 4.69) is 10.00 Å². The van der Waals surface area contributed by atoms with Gasteiger partial charge < -0.3 is 4.90 Å². The molecule has 2 heterocycles. The second kappa shape index (κ2) is 9.59. The minimum absolute atomic E-state index is 0.191. The maximum absolute atomic E-state index is 13.5. The van der Waals surface area contributed by atoms with E-state index in [4.69, 9.17) is 0 Å². The highest BCUT2D eigenvalue weighted by molar-refractivity contribution is 7.89. The van der Waals surface area contributed by atoms with Gasteiger partial charge in [-0.1, -0.05) is 12.1 Å². The van der Waals surface area contributed by atoms with Gasteiger partial charge in [0.2, 0.25) is 10.0 Å². The molecule has 1 aromatic heterocycles. The summed E-state index contributed by atoms with van der Waals surface area (Å²) in [5, 5.41) is 4.63. The Bertz CT molecular complexity index is 1410. The molecule has 0 bridgehead atoms. The zero-order valence-electron chi connectivity index (χ0n) is 20.4. The van der Waals surface area contributed by atoms with Crippen molar-refractivity contribution in [1.82, 2.24) is 14.1 Å². The molecule has 0 saturated carbocycles. The number of aromatic nitrogens is 2. The van der Waals surface area contributed by atoms with Gasteiger partial charge >= 0.3 is 0 Å². The standard InChI is InChI=1S/C27H32N4O3S/c1-20-8-10-24(18-21(20)2)31-27(32)13-12-26(28-31)29-14-5-15-30(17-16-29)35(33,34)25-11-9-22-6-3-4-7-23(22)19-25/h8-13,18-19H,3-7,14-17H2,1-2H3. The third kappa shape index (κ3) is 4.77. The molecule has 1 fully saturated rings. The Kier molecular flexibility index (Phi) is 6.51. The quantitative estimate of drug-likeness (QED) is 0.556. The van der Waals surface area contributed by atoms with Crippen LogP contribution in [0.5, 0.6) is 0 Å². The summed E-state index contributed by atoms with van der Waals surface area (Å²) in [5.74, 6) is 0.677. The van der Waals surface area contributed by atoms with Gasteiger partial charge in [0, 0.05) is 32.2 Å². The number of aryl methyl sites for hydroxylation is 4. The minimum Gasteiger partial charge on any atom is -0.354 e. The van der Waals surface area contributed by atoms with E-state index in [-0.39, 0.29) is 5.56 Å². The normalized spacial score (nSPS) is 17.1. The molecular formula is C27H32N4O3S. The van der Waals surface area contributed by atoms with E-state index in [1.807, 2.05) is 44.2 Å². The lowest BCUT2D eigenvalue weighted by molar-refractivity contribution is 0.433. The monoisotopic (exact) mass is 492 g/mol. The molecule has 184 valence electrons. The Labute approximate surface area is 207 Å². The Hall–Kier alpha value is -2.97. The van der Waals surface area contributed by atoms with Gasteiger partial charge in [-0.05, 0) is 98.5 Å². The lowest BCUT2D eigenvalue weighted by atomic mass is 9.92. The van der Waals surface area contributed by atoms with E-state index in [0.29, 0.717) is 43.3 Å². The van der Waals surface area contributed by atoms with Crippen LogP contribution in [0.1, 0.15) is 41.5 Å². The Morgan fingerprint density at radius 1 is 0.771 bits per heavy atom. The number of hydrogen-bond acceptors (Lipinski definition) is 5. The molecule has 0 radical (unpaired) electrons. The maximum atomic E-state index is 13.5. The van der Waals surface area contributed by atoms with Crippen LogP contribution in [0.15, 0.2) is 58.2 Å². The summed E-state index contributed by atoms with van der Waals surface area (Å²) in [5.41, 5.74) is 5.24. The lowest BCUT2D eigenvalue weighted by Gasteiger charge is -2.24. The van der Waals surface area contributed by atoms with Crippen molar-refractivity contribution in [3.8, 4) is 5.69 Å². The molecule has 0 amide bonds. The van der Waals surface area contributed by atoms with Crippen LogP contribution < -0.4 is 10.5 Å². The predicted molar refractivity (Wildman–Crippen MR) is 138 cm³/mol. The highest BCUT2D eigenvalue weighted by Crippen LogP contribution is 2.26. The molecule has 0 atom stereocenters. The van der Waals surface area contributed by atoms with Gasteiger partial charge in [-0.25, -0.2) is 8.42 Å². The number of anilines is 1. The molecule has 7 nitrogen and oxygen atoms in total. The number of fused-ring (bicyclic) bond motifs is 1. The summed E-state index contributed by atoms with van der Waals surface area (Å²) < 4.78 is 29.9. The van der Waals surface area contributed by atoms with Crippen LogP contribution >= 0.6 is 0 Å². The molecule has 35 heavy (non-hydrogen) atoms. The van der Waals surface area contributed by atoms with E-state index in [1.54, 1.807) is 16.4 Å². The molecule has 1 aliphatic carbocycles. The summed E-state index contributed by atoms with van der Waals surface area (Å²) in [7, 11) is -3.56. The zero-order valence-corrected chi connectivity index (χ0v) is 21.2. The van der Waals surface area contributed by atoms with Crippen molar-refractivity contribution in [2.75, 3.05) is 31.1 Å². The van der Waals surface area contributed by atoms with Crippen LogP contribution in [-0.4, -0.2) is 48.7 Å². The van der Waals surface area contributed by atoms with Gasteiger partial charge in [-0.3, -0.25) is 4.79 Å². The van der Waals surface area contributed by atoms with Crippen LogP contribution in [0.2, 0.25) is 0 Å². The maximum Gasteiger partial charge on any atom is 0.271 e. The molecule has 0 N–H and O–H groups in total. The third-order valence-electron chi connectivity index (χ3n) is 7.26. The first-order chi connectivity index (χ1) is 16.8. The van der Waals surface area contributed by atoms with Crippen LogP contribution in [0, 0.1) is 13.8 Å². The summed E-state index contributed by atoms with van der Waals surface area (Å²) in [6, 6.07) is 14.7. The second-order valence-corrected chi connectivity index (χ2v) is 11.5. The van der Waals surface area contributed by atoms with E-state index in [1.165, 1.54) is 28.3 Å². The minimum atomic E-state index is -3.56. The third-order valence-corrected chi connectivity index (χ3v) is 9.15. The summed E-state index contributed by atoms with van der Waals surface area (Å²) >= 11 is 0. The van der Waals surface area contributed by atoms with Crippen LogP contribution in [0.4, 0.5) is 5.82 Å². The zero-order chi connectivity index (χ0) is 24.6. The molecular weight excluding hydrogens is 460 g/mol. The SMILES string of the molecule is Cc1ccc(-n2nc(N3CCCN(S(=O)(=O)c4ccc5c(c4)CCCC5)CC3)ccc2=O)cc1C. The fourth-order valence-electron chi connectivity index (χ4n) is 5.00. The Morgan fingerprint density at radius 3 is 2.37 bits per heavy atom. The van der Waals surface area contributed by atoms with Gasteiger partial charge in [0.1, 0.15) is 5.82 Å². The van der Waals surface area contributed by atoms with Gasteiger partial charge in [0.15, 0.2) is 0 Å². The van der Waals surface area contributed by atoms with E-state index < -0.39 is 10.0 Å². The van der Waals surface area contributed by atoms with Gasteiger partial charge in [-0.2, -0.15) is 8.99 Å². The molecule has 5 rings (SSSR count). The molecule has 2 aromatic carbocycles. The number of nitrogens with zero attached hydrogens (tertiary/aromatic N) is 4. The first-order valence-electron chi connectivity index (χ1n) is 12.4. The van der Waals surface area contributed by atoms with E-state index in [0.717, 1.165) is 36.1 Å². The average Bonchev–Trinajstić information content (AvgIpc) is 3.13. The summed E-state index contributed by atoms with van der Waals surface area (Å²) in [6.45, 7) is 6.08. The van der Waals surface area contributed by atoms with Crippen LogP contribution in [0.3, 0.4) is 0 Å². The van der Waals surface area contributed by atoms with Crippen molar-refractivity contribution in [2.45, 2.75) is 50.8 Å². The average molecular weight is 493 g/mol. The van der Waals surface area contributed by atoms with Crippen LogP contribution in [0.25, 0.3) is 5.69 Å². The second-order valence-electron chi connectivity index (χ2n) is 9.59. The van der Waals surface area contributed by atoms with Crippen molar-refractivity contribution in [1.29, 1.82) is 0 Å². The topological polar surface area (TPSA) is 75.5 Å². The molecule has 2 aliphatic rings. The number of benzene rings is 2. The summed E-state index contributed by atoms with van der Waals surface area (Å²) in [4.78, 5) is 15.0. The molecule has 1 aliphatic heterocycles. The highest BCUT2D eigenvalue weighted by atomic mass is 32.2. The van der Waals surface area contributed by atoms with E-state index >= 15 is 0 Å². The molecule has 0 unspecified atom stereocenters. The number of hydrogen-bond donors (Lipinski definition) is 0. The smallest absolute Gasteiger partial charge is 0.271 e. The van der Waals surface area contributed by atoms with Crippen molar-refractivity contribution in [3.63, 3.8) is 0 Å². The Morgan fingerprint density at radius 2 is 1.57 bits per heavy atom. The number of sulfonamides is 1. The lowest BCUT2D eigenvalue weighted by Crippen LogP contribution is -2.36. The summed E-state index contributed by atoms with van der Waals surface area (Å²) in [6.07, 6.45) is 4.97. The molecule has 3 aromatic rings. The Balaban J connectivity index is 1.36. The predicted octanol–water partition coefficient (Wildman–Crippen LogP) is 3.63. The molecule has 0 spiro atoms. The molecule has 1 saturated heterocycles. The van der Waals surface area contributed by atoms with Crippen molar-refractivity contribution in [3.05, 3.63) is 81.1 Å². The fourth-order valence-corrected chi connectivity index (χ4v) is 6.52. The van der Waals surface area contributed by atoms with Crippen molar-refractivity contribution >= 4 is 15.8 Å². The van der Waals surface area contributed by atoms with Gasteiger partial charge in [-0.15, -0.1) is 5.10 Å². The van der Waals surface area contributed by atoms with E-state index in [9.17, 15) is 13.2 Å². The van der Waals surface area contributed by atoms with Gasteiger partial charge in [0.25, 0.3) is 5.56 Å². The van der Waals surface area contributed by atoms with Gasteiger partial charge in [0.05, 0.1) is 10.6 Å². The first-order valence-corrected chi connectivity index (χ1v) is 13.8. The number of rotatable bonds is 4.